The van der Waals surface area contributed by atoms with E-state index in [0.29, 0.717) is 26.2 Å². The number of carbonyl (C=O) groups is 3. The molecule has 0 radical (unpaired) electrons. The van der Waals surface area contributed by atoms with Crippen LogP contribution in [0.4, 0.5) is 0 Å². The van der Waals surface area contributed by atoms with Crippen LogP contribution in [0.2, 0.25) is 0 Å². The summed E-state index contributed by atoms with van der Waals surface area (Å²) in [6.45, 7) is 6.07. The van der Waals surface area contributed by atoms with Gasteiger partial charge in [0.2, 0.25) is 17.7 Å². The lowest BCUT2D eigenvalue weighted by Gasteiger charge is -2.21. The summed E-state index contributed by atoms with van der Waals surface area (Å²) in [7, 11) is 0. The van der Waals surface area contributed by atoms with Gasteiger partial charge in [0.15, 0.2) is 0 Å². The van der Waals surface area contributed by atoms with Gasteiger partial charge in [-0.05, 0) is 0 Å². The summed E-state index contributed by atoms with van der Waals surface area (Å²) >= 11 is 0. The zero-order valence-corrected chi connectivity index (χ0v) is 10.0. The van der Waals surface area contributed by atoms with Crippen molar-refractivity contribution >= 4 is 17.7 Å². The highest BCUT2D eigenvalue weighted by molar-refractivity contribution is 5.74. The van der Waals surface area contributed by atoms with Crippen LogP contribution < -0.4 is 10.6 Å². The second-order valence-corrected chi connectivity index (χ2v) is 3.47. The summed E-state index contributed by atoms with van der Waals surface area (Å²) in [4.78, 5) is 34.0. The Morgan fingerprint density at radius 3 is 1.50 bits per heavy atom. The van der Waals surface area contributed by atoms with Crippen molar-refractivity contribution in [1.82, 2.24) is 15.5 Å². The number of nitrogens with one attached hydrogen (secondary N) is 2. The van der Waals surface area contributed by atoms with Crippen LogP contribution in [0.15, 0.2) is 0 Å². The maximum Gasteiger partial charge on any atom is 0.219 e. The van der Waals surface area contributed by atoms with Gasteiger partial charge in [-0.25, -0.2) is 0 Å². The number of rotatable bonds is 6. The Morgan fingerprint density at radius 1 is 0.875 bits per heavy atom. The molecule has 3 amide bonds. The smallest absolute Gasteiger partial charge is 0.219 e. The van der Waals surface area contributed by atoms with E-state index < -0.39 is 0 Å². The first-order valence-electron chi connectivity index (χ1n) is 5.18. The quantitative estimate of drug-likeness (QED) is 0.620. The van der Waals surface area contributed by atoms with Gasteiger partial charge >= 0.3 is 0 Å². The third-order valence-electron chi connectivity index (χ3n) is 1.96. The highest BCUT2D eigenvalue weighted by atomic mass is 16.2. The number of nitrogens with zero attached hydrogens (tertiary/aromatic N) is 1. The highest BCUT2D eigenvalue weighted by Crippen LogP contribution is 1.87. The molecule has 0 aromatic heterocycles. The van der Waals surface area contributed by atoms with Gasteiger partial charge in [0.1, 0.15) is 0 Å². The third kappa shape index (κ3) is 7.78. The van der Waals surface area contributed by atoms with E-state index in [9.17, 15) is 14.4 Å². The Balaban J connectivity index is 3.84. The Kier molecular flexibility index (Phi) is 6.91. The van der Waals surface area contributed by atoms with Crippen molar-refractivity contribution in [3.8, 4) is 0 Å². The van der Waals surface area contributed by atoms with E-state index in [1.54, 1.807) is 4.90 Å². The topological polar surface area (TPSA) is 78.5 Å². The van der Waals surface area contributed by atoms with E-state index in [1.807, 2.05) is 0 Å². The predicted molar refractivity (Wildman–Crippen MR) is 59.6 cm³/mol. The van der Waals surface area contributed by atoms with Crippen LogP contribution in [0, 0.1) is 0 Å². The van der Waals surface area contributed by atoms with Crippen LogP contribution in [0.3, 0.4) is 0 Å². The molecule has 92 valence electrons. The Hall–Kier alpha value is -1.59. The van der Waals surface area contributed by atoms with E-state index in [-0.39, 0.29) is 17.7 Å². The lowest BCUT2D eigenvalue weighted by Crippen LogP contribution is -2.41. The van der Waals surface area contributed by atoms with E-state index in [1.165, 1.54) is 20.8 Å². The molecule has 0 aromatic carbocycles. The van der Waals surface area contributed by atoms with Gasteiger partial charge in [-0.2, -0.15) is 0 Å². The summed E-state index contributed by atoms with van der Waals surface area (Å²) < 4.78 is 0. The normalized spacial score (nSPS) is 9.44. The van der Waals surface area contributed by atoms with Crippen molar-refractivity contribution in [2.24, 2.45) is 0 Å². The van der Waals surface area contributed by atoms with Gasteiger partial charge in [0.25, 0.3) is 0 Å². The number of hydrogen-bond acceptors (Lipinski definition) is 3. The molecular weight excluding hydrogens is 210 g/mol. The molecule has 0 spiro atoms. The van der Waals surface area contributed by atoms with Crippen LogP contribution in [-0.2, 0) is 14.4 Å². The van der Waals surface area contributed by atoms with Crippen LogP contribution in [-0.4, -0.2) is 48.8 Å². The molecule has 0 aliphatic rings. The fourth-order valence-electron chi connectivity index (χ4n) is 1.16. The summed E-state index contributed by atoms with van der Waals surface area (Å²) in [5.74, 6) is -0.313. The number of hydrogen-bond donors (Lipinski definition) is 2. The van der Waals surface area contributed by atoms with Crippen molar-refractivity contribution in [2.45, 2.75) is 20.8 Å². The summed E-state index contributed by atoms with van der Waals surface area (Å²) in [6.07, 6.45) is 0. The van der Waals surface area contributed by atoms with E-state index in [2.05, 4.69) is 10.6 Å². The molecule has 16 heavy (non-hydrogen) atoms. The zero-order chi connectivity index (χ0) is 12.6. The van der Waals surface area contributed by atoms with Gasteiger partial charge in [-0.3, -0.25) is 14.4 Å². The fourth-order valence-corrected chi connectivity index (χ4v) is 1.16. The minimum Gasteiger partial charge on any atom is -0.355 e. The molecule has 0 unspecified atom stereocenters. The Bertz CT molecular complexity index is 246. The van der Waals surface area contributed by atoms with Crippen molar-refractivity contribution in [1.29, 1.82) is 0 Å². The SMILES string of the molecule is CC(=O)NCCN(CCNC(C)=O)C(C)=O. The average Bonchev–Trinajstić information content (AvgIpc) is 2.14. The fraction of sp³-hybridized carbons (Fsp3) is 0.700. The number of carbonyl (C=O) groups excluding carboxylic acids is 3. The number of amides is 3. The molecule has 0 heterocycles. The van der Waals surface area contributed by atoms with E-state index >= 15 is 0 Å². The molecule has 6 heteroatoms. The molecule has 6 nitrogen and oxygen atoms in total. The Labute approximate surface area is 95.4 Å². The maximum atomic E-state index is 11.2. The molecule has 0 aromatic rings. The average molecular weight is 229 g/mol. The predicted octanol–water partition coefficient (Wildman–Crippen LogP) is -0.893. The van der Waals surface area contributed by atoms with Gasteiger partial charge in [0, 0.05) is 47.0 Å². The summed E-state index contributed by atoms with van der Waals surface area (Å²) in [5, 5.41) is 5.22. The molecule has 0 saturated carbocycles. The minimum absolute atomic E-state index is 0.0734. The second kappa shape index (κ2) is 7.67. The standard InChI is InChI=1S/C10H19N3O3/c1-8(14)11-4-6-13(10(3)16)7-5-12-9(2)15/h4-7H2,1-3H3,(H,11,14)(H,12,15). The molecule has 0 bridgehead atoms. The molecule has 2 N–H and O–H groups in total. The molecule has 0 aliphatic carbocycles. The largest absolute Gasteiger partial charge is 0.355 e. The zero-order valence-electron chi connectivity index (χ0n) is 10.0. The first kappa shape index (κ1) is 14.4. The van der Waals surface area contributed by atoms with Gasteiger partial charge in [-0.1, -0.05) is 0 Å². The molecule has 0 atom stereocenters. The van der Waals surface area contributed by atoms with E-state index in [0.717, 1.165) is 0 Å². The lowest BCUT2D eigenvalue weighted by molar-refractivity contribution is -0.129. The monoisotopic (exact) mass is 229 g/mol. The molecule has 0 aliphatic heterocycles. The molecular formula is C10H19N3O3. The van der Waals surface area contributed by atoms with Crippen LogP contribution in [0.25, 0.3) is 0 Å². The van der Waals surface area contributed by atoms with Crippen LogP contribution in [0.1, 0.15) is 20.8 Å². The van der Waals surface area contributed by atoms with Gasteiger partial charge < -0.3 is 15.5 Å². The highest BCUT2D eigenvalue weighted by Gasteiger charge is 2.07. The van der Waals surface area contributed by atoms with Crippen LogP contribution in [0.5, 0.6) is 0 Å². The summed E-state index contributed by atoms with van der Waals surface area (Å²) in [6, 6.07) is 0. The Morgan fingerprint density at radius 2 is 1.25 bits per heavy atom. The first-order chi connectivity index (χ1) is 7.43. The van der Waals surface area contributed by atoms with Crippen molar-refractivity contribution in [3.63, 3.8) is 0 Å². The van der Waals surface area contributed by atoms with Crippen molar-refractivity contribution in [2.75, 3.05) is 26.2 Å². The molecule has 0 fully saturated rings. The third-order valence-corrected chi connectivity index (χ3v) is 1.96. The van der Waals surface area contributed by atoms with Crippen molar-refractivity contribution < 1.29 is 14.4 Å². The van der Waals surface area contributed by atoms with Gasteiger partial charge in [-0.15, -0.1) is 0 Å². The second-order valence-electron chi connectivity index (χ2n) is 3.47. The van der Waals surface area contributed by atoms with E-state index in [4.69, 9.17) is 0 Å². The maximum absolute atomic E-state index is 11.2. The van der Waals surface area contributed by atoms with Gasteiger partial charge in [0.05, 0.1) is 0 Å². The first-order valence-corrected chi connectivity index (χ1v) is 5.18. The lowest BCUT2D eigenvalue weighted by atomic mass is 10.4. The minimum atomic E-state index is -0.120. The van der Waals surface area contributed by atoms with Crippen molar-refractivity contribution in [3.05, 3.63) is 0 Å². The van der Waals surface area contributed by atoms with Crippen LogP contribution >= 0.6 is 0 Å². The summed E-state index contributed by atoms with van der Waals surface area (Å²) in [5.41, 5.74) is 0. The molecule has 0 rings (SSSR count). The molecule has 0 saturated heterocycles.